The van der Waals surface area contributed by atoms with Crippen molar-refractivity contribution in [1.29, 1.82) is 0 Å². The molecule has 0 radical (unpaired) electrons. The quantitative estimate of drug-likeness (QED) is 0.803. The SMILES string of the molecule is CCCCNc1ccc2nc(CCN)c(Br)n2n1. The Morgan fingerprint density at radius 3 is 3.00 bits per heavy atom. The maximum atomic E-state index is 5.56. The molecule has 2 aromatic heterocycles. The van der Waals surface area contributed by atoms with Crippen LogP contribution in [0.1, 0.15) is 25.5 Å². The molecular weight excluding hydrogens is 294 g/mol. The third-order valence-electron chi connectivity index (χ3n) is 2.71. The highest BCUT2D eigenvalue weighted by Crippen LogP contribution is 2.19. The van der Waals surface area contributed by atoms with E-state index in [9.17, 15) is 0 Å². The molecule has 0 aliphatic carbocycles. The first-order valence-corrected chi connectivity index (χ1v) is 7.03. The number of hydrogen-bond donors (Lipinski definition) is 2. The summed E-state index contributed by atoms with van der Waals surface area (Å²) in [6.07, 6.45) is 3.07. The van der Waals surface area contributed by atoms with Crippen LogP contribution in [-0.4, -0.2) is 27.7 Å². The molecule has 0 bridgehead atoms. The van der Waals surface area contributed by atoms with Gasteiger partial charge in [0.1, 0.15) is 10.4 Å². The van der Waals surface area contributed by atoms with Gasteiger partial charge in [-0.1, -0.05) is 13.3 Å². The van der Waals surface area contributed by atoms with Crippen LogP contribution in [0.25, 0.3) is 5.65 Å². The lowest BCUT2D eigenvalue weighted by atomic mass is 10.3. The Morgan fingerprint density at radius 2 is 2.28 bits per heavy atom. The van der Waals surface area contributed by atoms with Gasteiger partial charge in [0.25, 0.3) is 0 Å². The third-order valence-corrected chi connectivity index (χ3v) is 3.50. The summed E-state index contributed by atoms with van der Waals surface area (Å²) in [6.45, 7) is 3.70. The number of nitrogens with two attached hydrogens (primary N) is 1. The molecule has 6 heteroatoms. The largest absolute Gasteiger partial charge is 0.369 e. The van der Waals surface area contributed by atoms with E-state index < -0.39 is 0 Å². The number of nitrogens with one attached hydrogen (secondary N) is 1. The maximum Gasteiger partial charge on any atom is 0.155 e. The Bertz CT molecular complexity index is 522. The molecule has 98 valence electrons. The van der Waals surface area contributed by atoms with E-state index in [0.717, 1.165) is 41.1 Å². The molecule has 3 N–H and O–H groups in total. The van der Waals surface area contributed by atoms with Crippen LogP contribution < -0.4 is 11.1 Å². The summed E-state index contributed by atoms with van der Waals surface area (Å²) >= 11 is 3.52. The molecule has 0 amide bonds. The molecule has 2 aromatic rings. The molecule has 0 aromatic carbocycles. The number of fused-ring (bicyclic) bond motifs is 1. The van der Waals surface area contributed by atoms with Crippen molar-refractivity contribution in [2.75, 3.05) is 18.4 Å². The highest BCUT2D eigenvalue weighted by Gasteiger charge is 2.10. The van der Waals surface area contributed by atoms with Gasteiger partial charge in [0, 0.05) is 13.0 Å². The van der Waals surface area contributed by atoms with Gasteiger partial charge in [-0.3, -0.25) is 0 Å². The number of imidazole rings is 1. The normalized spacial score (nSPS) is 11.1. The minimum atomic E-state index is 0.587. The van der Waals surface area contributed by atoms with Crippen LogP contribution >= 0.6 is 15.9 Å². The lowest BCUT2D eigenvalue weighted by Crippen LogP contribution is -2.05. The van der Waals surface area contributed by atoms with Crippen molar-refractivity contribution < 1.29 is 0 Å². The fraction of sp³-hybridized carbons (Fsp3) is 0.500. The van der Waals surface area contributed by atoms with Gasteiger partial charge in [0.05, 0.1) is 5.69 Å². The first-order valence-electron chi connectivity index (χ1n) is 6.24. The monoisotopic (exact) mass is 311 g/mol. The predicted molar refractivity (Wildman–Crippen MR) is 76.8 cm³/mol. The van der Waals surface area contributed by atoms with Crippen LogP contribution in [0.2, 0.25) is 0 Å². The van der Waals surface area contributed by atoms with Crippen molar-refractivity contribution in [3.8, 4) is 0 Å². The number of anilines is 1. The lowest BCUT2D eigenvalue weighted by molar-refractivity contribution is 0.820. The van der Waals surface area contributed by atoms with Gasteiger partial charge in [0.15, 0.2) is 5.65 Å². The summed E-state index contributed by atoms with van der Waals surface area (Å²) in [4.78, 5) is 4.49. The van der Waals surface area contributed by atoms with Crippen molar-refractivity contribution in [1.82, 2.24) is 14.6 Å². The van der Waals surface area contributed by atoms with Crippen molar-refractivity contribution in [2.24, 2.45) is 5.73 Å². The molecule has 2 heterocycles. The Kier molecular flexibility index (Phi) is 4.54. The molecule has 0 aliphatic rings. The smallest absolute Gasteiger partial charge is 0.155 e. The van der Waals surface area contributed by atoms with Crippen LogP contribution in [0.3, 0.4) is 0 Å². The van der Waals surface area contributed by atoms with Gasteiger partial charge in [-0.2, -0.15) is 0 Å². The van der Waals surface area contributed by atoms with Gasteiger partial charge in [-0.25, -0.2) is 9.50 Å². The molecule has 0 spiro atoms. The summed E-state index contributed by atoms with van der Waals surface area (Å²) in [5.41, 5.74) is 7.35. The van der Waals surface area contributed by atoms with Gasteiger partial charge < -0.3 is 11.1 Å². The number of hydrogen-bond acceptors (Lipinski definition) is 4. The van der Waals surface area contributed by atoms with E-state index in [1.165, 1.54) is 6.42 Å². The average Bonchev–Trinajstić information content (AvgIpc) is 2.68. The number of unbranched alkanes of at least 4 members (excludes halogenated alkanes) is 1. The fourth-order valence-corrected chi connectivity index (χ4v) is 2.28. The number of aromatic nitrogens is 3. The first-order chi connectivity index (χ1) is 8.76. The van der Waals surface area contributed by atoms with Gasteiger partial charge in [-0.15, -0.1) is 5.10 Å². The van der Waals surface area contributed by atoms with Crippen LogP contribution in [0.4, 0.5) is 5.82 Å². The number of halogens is 1. The molecule has 0 saturated carbocycles. The molecular formula is C12H18BrN5. The average molecular weight is 312 g/mol. The zero-order valence-corrected chi connectivity index (χ0v) is 12.1. The molecule has 18 heavy (non-hydrogen) atoms. The van der Waals surface area contributed by atoms with Crippen LogP contribution in [0.15, 0.2) is 16.7 Å². The van der Waals surface area contributed by atoms with Gasteiger partial charge in [-0.05, 0) is 41.0 Å². The van der Waals surface area contributed by atoms with Gasteiger partial charge in [0.2, 0.25) is 0 Å². The van der Waals surface area contributed by atoms with E-state index in [4.69, 9.17) is 5.73 Å². The van der Waals surface area contributed by atoms with E-state index >= 15 is 0 Å². The van der Waals surface area contributed by atoms with Crippen molar-refractivity contribution in [2.45, 2.75) is 26.2 Å². The summed E-state index contributed by atoms with van der Waals surface area (Å²) in [7, 11) is 0. The second kappa shape index (κ2) is 6.15. The van der Waals surface area contributed by atoms with E-state index in [-0.39, 0.29) is 0 Å². The second-order valence-corrected chi connectivity index (χ2v) is 4.91. The Balaban J connectivity index is 2.24. The second-order valence-electron chi connectivity index (χ2n) is 4.16. The number of nitrogens with zero attached hydrogens (tertiary/aromatic N) is 3. The Labute approximate surface area is 115 Å². The van der Waals surface area contributed by atoms with Gasteiger partial charge >= 0.3 is 0 Å². The zero-order chi connectivity index (χ0) is 13.0. The maximum absolute atomic E-state index is 5.56. The highest BCUT2D eigenvalue weighted by atomic mass is 79.9. The molecule has 2 rings (SSSR count). The van der Waals surface area contributed by atoms with Crippen LogP contribution in [0, 0.1) is 0 Å². The Hall–Kier alpha value is -1.14. The molecule has 0 unspecified atom stereocenters. The first kappa shape index (κ1) is 13.3. The van der Waals surface area contributed by atoms with E-state index in [0.29, 0.717) is 6.54 Å². The van der Waals surface area contributed by atoms with Crippen molar-refractivity contribution in [3.63, 3.8) is 0 Å². The molecule has 5 nitrogen and oxygen atoms in total. The fourth-order valence-electron chi connectivity index (χ4n) is 1.74. The predicted octanol–water partition coefficient (Wildman–Crippen LogP) is 2.21. The highest BCUT2D eigenvalue weighted by molar-refractivity contribution is 9.10. The summed E-state index contributed by atoms with van der Waals surface area (Å²) in [6, 6.07) is 3.92. The molecule has 0 fully saturated rings. The topological polar surface area (TPSA) is 68.2 Å². The standard InChI is InChI=1S/C12H18BrN5/c1-2-3-8-15-10-4-5-11-16-9(6-7-14)12(13)18(11)17-10/h4-5H,2-3,6-8,14H2,1H3,(H,15,17). The molecule has 0 saturated heterocycles. The summed E-state index contributed by atoms with van der Waals surface area (Å²) in [5.74, 6) is 0.869. The van der Waals surface area contributed by atoms with Crippen molar-refractivity contribution in [3.05, 3.63) is 22.4 Å². The van der Waals surface area contributed by atoms with Crippen molar-refractivity contribution >= 4 is 27.4 Å². The summed E-state index contributed by atoms with van der Waals surface area (Å²) in [5, 5.41) is 7.81. The minimum absolute atomic E-state index is 0.587. The molecule has 0 atom stereocenters. The van der Waals surface area contributed by atoms with Crippen LogP contribution in [0.5, 0.6) is 0 Å². The van der Waals surface area contributed by atoms with E-state index in [1.807, 2.05) is 12.1 Å². The minimum Gasteiger partial charge on any atom is -0.369 e. The number of rotatable bonds is 6. The van der Waals surface area contributed by atoms with Crippen LogP contribution in [-0.2, 0) is 6.42 Å². The zero-order valence-electron chi connectivity index (χ0n) is 10.5. The Morgan fingerprint density at radius 1 is 1.44 bits per heavy atom. The lowest BCUT2D eigenvalue weighted by Gasteiger charge is -2.04. The molecule has 0 aliphatic heterocycles. The van der Waals surface area contributed by atoms with E-state index in [2.05, 4.69) is 38.3 Å². The summed E-state index contributed by atoms with van der Waals surface area (Å²) < 4.78 is 2.70. The van der Waals surface area contributed by atoms with E-state index in [1.54, 1.807) is 4.52 Å². The third kappa shape index (κ3) is 2.81.